The first-order valence-corrected chi connectivity index (χ1v) is 27.1. The van der Waals surface area contributed by atoms with Crippen LogP contribution in [-0.4, -0.2) is 25.5 Å². The normalized spacial score (nSPS) is 11.5. The van der Waals surface area contributed by atoms with Crippen LogP contribution in [0.15, 0.2) is 84.9 Å². The van der Waals surface area contributed by atoms with E-state index < -0.39 is 12.3 Å². The van der Waals surface area contributed by atoms with Gasteiger partial charge in [0.2, 0.25) is 0 Å². The van der Waals surface area contributed by atoms with Gasteiger partial charge >= 0.3 is 12.3 Å². The second-order valence-corrected chi connectivity index (χ2v) is 19.2. The van der Waals surface area contributed by atoms with Crippen LogP contribution in [0, 0.1) is 0 Å². The molecule has 0 saturated carbocycles. The number of fused-ring (bicyclic) bond motifs is 4. The molecule has 0 bridgehead atoms. The molecule has 0 fully saturated rings. The first-order chi connectivity index (χ1) is 33.5. The first kappa shape index (κ1) is 52.3. The lowest BCUT2D eigenvalue weighted by Gasteiger charge is -2.22. The second kappa shape index (κ2) is 29.0. The zero-order valence-corrected chi connectivity index (χ0v) is 42.3. The van der Waals surface area contributed by atoms with Gasteiger partial charge in [-0.3, -0.25) is 0 Å². The quantitative estimate of drug-likeness (QED) is 0.0187. The van der Waals surface area contributed by atoms with Crippen LogP contribution in [0.5, 0.6) is 11.5 Å². The monoisotopic (exact) mass is 923 g/mol. The van der Waals surface area contributed by atoms with Crippen LogP contribution in [0.1, 0.15) is 193 Å². The zero-order chi connectivity index (χ0) is 47.8. The van der Waals surface area contributed by atoms with Gasteiger partial charge in [-0.1, -0.05) is 241 Å². The van der Waals surface area contributed by atoms with Gasteiger partial charge in [0.25, 0.3) is 0 Å². The lowest BCUT2D eigenvalue weighted by Crippen LogP contribution is -2.12. The molecule has 0 heterocycles. The molecule has 0 unspecified atom stereocenters. The Labute approximate surface area is 408 Å². The minimum Gasteiger partial charge on any atom is -0.434 e. The standard InChI is InChI=1S/C62H82O6/c1-5-9-13-17-19-23-31-43-65-61(63)67-59-51-37-29-27-35-49(51)57(55-45-47(39-41-53(55)59)33-25-21-15-11-7-3)58-50-36-28-30-38-52(50)60(68-62(64)66-44-32-24-20-18-14-10-6-2)54-42-40-48(46-56(54)58)34-26-22-16-12-8-4/h27-30,35-42,45-46H,5-26,31-34,43-44H2,1-4H3. The van der Waals surface area contributed by atoms with Crippen LogP contribution < -0.4 is 9.47 Å². The number of hydrogen-bond acceptors (Lipinski definition) is 6. The Kier molecular flexibility index (Phi) is 22.3. The van der Waals surface area contributed by atoms with Gasteiger partial charge < -0.3 is 18.9 Å². The topological polar surface area (TPSA) is 71.1 Å². The van der Waals surface area contributed by atoms with E-state index in [9.17, 15) is 9.59 Å². The van der Waals surface area contributed by atoms with E-state index in [4.69, 9.17) is 18.9 Å². The lowest BCUT2D eigenvalue weighted by atomic mass is 9.84. The molecule has 6 rings (SSSR count). The SMILES string of the molecule is CCCCCCCCCOC(=O)Oc1c2ccccc2c(-c2c3ccccc3c(OC(=O)OCCCCCCCCC)c3ccc(CCCCCCC)cc23)c2cc(CCCCCCC)ccc12. The molecule has 0 atom stereocenters. The number of rotatable bonds is 31. The van der Waals surface area contributed by atoms with Crippen molar-refractivity contribution >= 4 is 55.4 Å². The van der Waals surface area contributed by atoms with E-state index >= 15 is 0 Å². The molecule has 6 heteroatoms. The van der Waals surface area contributed by atoms with Crippen LogP contribution in [0.25, 0.3) is 54.2 Å². The van der Waals surface area contributed by atoms with E-state index in [1.165, 1.54) is 114 Å². The van der Waals surface area contributed by atoms with Gasteiger partial charge in [0, 0.05) is 21.5 Å². The molecule has 0 radical (unpaired) electrons. The number of ether oxygens (including phenoxy) is 4. The second-order valence-electron chi connectivity index (χ2n) is 19.2. The fraction of sp³-hybridized carbons (Fsp3) is 0.516. The Morgan fingerprint density at radius 1 is 0.338 bits per heavy atom. The van der Waals surface area contributed by atoms with Crippen molar-refractivity contribution in [2.45, 2.75) is 195 Å². The molecule has 0 saturated heterocycles. The predicted molar refractivity (Wildman–Crippen MR) is 287 cm³/mol. The Morgan fingerprint density at radius 2 is 0.647 bits per heavy atom. The molecule has 0 aliphatic carbocycles. The lowest BCUT2D eigenvalue weighted by molar-refractivity contribution is 0.0972. The molecular formula is C62H82O6. The van der Waals surface area contributed by atoms with E-state index in [2.05, 4.69) is 100 Å². The molecule has 6 aromatic carbocycles. The third kappa shape index (κ3) is 14.9. The number of hydrogen-bond donors (Lipinski definition) is 0. The zero-order valence-electron chi connectivity index (χ0n) is 42.3. The molecule has 366 valence electrons. The minimum absolute atomic E-state index is 0.336. The van der Waals surface area contributed by atoms with Crippen molar-refractivity contribution in [1.29, 1.82) is 0 Å². The van der Waals surface area contributed by atoms with Crippen molar-refractivity contribution in [3.63, 3.8) is 0 Å². The van der Waals surface area contributed by atoms with Gasteiger partial charge in [0.1, 0.15) is 11.5 Å². The highest BCUT2D eigenvalue weighted by Crippen LogP contribution is 2.50. The number of benzene rings is 6. The summed E-state index contributed by atoms with van der Waals surface area (Å²) in [5.74, 6) is 1.03. The highest BCUT2D eigenvalue weighted by molar-refractivity contribution is 6.27. The fourth-order valence-electron chi connectivity index (χ4n) is 9.96. The molecule has 0 N–H and O–H groups in total. The van der Waals surface area contributed by atoms with Crippen LogP contribution >= 0.6 is 0 Å². The predicted octanol–water partition coefficient (Wildman–Crippen LogP) is 19.5. The summed E-state index contributed by atoms with van der Waals surface area (Å²) in [4.78, 5) is 27.3. The van der Waals surface area contributed by atoms with E-state index in [0.717, 1.165) is 118 Å². The summed E-state index contributed by atoms with van der Waals surface area (Å²) in [5.41, 5.74) is 4.65. The fourth-order valence-corrected chi connectivity index (χ4v) is 9.96. The van der Waals surface area contributed by atoms with Crippen LogP contribution in [-0.2, 0) is 22.3 Å². The van der Waals surface area contributed by atoms with Crippen LogP contribution in [0.4, 0.5) is 9.59 Å². The first-order valence-electron chi connectivity index (χ1n) is 27.1. The van der Waals surface area contributed by atoms with Crippen molar-refractivity contribution in [2.24, 2.45) is 0 Å². The van der Waals surface area contributed by atoms with Gasteiger partial charge in [-0.25, -0.2) is 9.59 Å². The van der Waals surface area contributed by atoms with E-state index in [0.29, 0.717) is 24.7 Å². The van der Waals surface area contributed by atoms with E-state index in [-0.39, 0.29) is 0 Å². The van der Waals surface area contributed by atoms with Crippen LogP contribution in [0.2, 0.25) is 0 Å². The maximum atomic E-state index is 13.6. The average molecular weight is 923 g/mol. The molecule has 0 aliphatic heterocycles. The summed E-state index contributed by atoms with van der Waals surface area (Å²) >= 11 is 0. The van der Waals surface area contributed by atoms with E-state index in [1.807, 2.05) is 12.1 Å². The van der Waals surface area contributed by atoms with Crippen molar-refractivity contribution in [3.05, 3.63) is 96.1 Å². The maximum Gasteiger partial charge on any atom is 0.513 e. The molecule has 6 aromatic rings. The third-order valence-corrected chi connectivity index (χ3v) is 13.8. The Morgan fingerprint density at radius 3 is 1.01 bits per heavy atom. The van der Waals surface area contributed by atoms with Gasteiger partial charge in [-0.2, -0.15) is 0 Å². The summed E-state index contributed by atoms with van der Waals surface area (Å²) in [6.45, 7) is 9.65. The van der Waals surface area contributed by atoms with Crippen molar-refractivity contribution < 1.29 is 28.5 Å². The average Bonchev–Trinajstić information content (AvgIpc) is 3.35. The highest BCUT2D eigenvalue weighted by atomic mass is 16.7. The third-order valence-electron chi connectivity index (χ3n) is 13.8. The largest absolute Gasteiger partial charge is 0.513 e. The summed E-state index contributed by atoms with van der Waals surface area (Å²) in [7, 11) is 0. The smallest absolute Gasteiger partial charge is 0.434 e. The van der Waals surface area contributed by atoms with Gasteiger partial charge in [-0.15, -0.1) is 0 Å². The molecule has 0 spiro atoms. The molecule has 0 aromatic heterocycles. The number of carbonyl (C=O) groups is 2. The van der Waals surface area contributed by atoms with Crippen LogP contribution in [0.3, 0.4) is 0 Å². The number of unbranched alkanes of at least 4 members (excludes halogenated alkanes) is 20. The Hall–Kier alpha value is -5.10. The van der Waals surface area contributed by atoms with Crippen molar-refractivity contribution in [1.82, 2.24) is 0 Å². The molecule has 68 heavy (non-hydrogen) atoms. The molecule has 0 aliphatic rings. The van der Waals surface area contributed by atoms with Crippen molar-refractivity contribution in [2.75, 3.05) is 13.2 Å². The summed E-state index contributed by atoms with van der Waals surface area (Å²) in [6.07, 6.45) is 28.5. The Bertz CT molecular complexity index is 2310. The maximum absolute atomic E-state index is 13.6. The van der Waals surface area contributed by atoms with Crippen molar-refractivity contribution in [3.8, 4) is 22.6 Å². The number of aryl methyl sites for hydroxylation is 2. The molecule has 0 amide bonds. The Balaban J connectivity index is 1.46. The molecular weight excluding hydrogens is 841 g/mol. The molecule has 6 nitrogen and oxygen atoms in total. The summed E-state index contributed by atoms with van der Waals surface area (Å²) in [5, 5.41) is 7.40. The van der Waals surface area contributed by atoms with Gasteiger partial charge in [0.05, 0.1) is 13.2 Å². The summed E-state index contributed by atoms with van der Waals surface area (Å²) in [6, 6.07) is 30.0. The van der Waals surface area contributed by atoms with Gasteiger partial charge in [0.15, 0.2) is 0 Å². The number of carbonyl (C=O) groups excluding carboxylic acids is 2. The highest BCUT2D eigenvalue weighted by Gasteiger charge is 2.25. The van der Waals surface area contributed by atoms with Gasteiger partial charge in [-0.05, 0) is 82.3 Å². The van der Waals surface area contributed by atoms with E-state index in [1.54, 1.807) is 0 Å². The minimum atomic E-state index is -0.671. The summed E-state index contributed by atoms with van der Waals surface area (Å²) < 4.78 is 24.2.